The Morgan fingerprint density at radius 1 is 1.80 bits per heavy atom. The van der Waals surface area contributed by atoms with Gasteiger partial charge in [-0.1, -0.05) is 12.0 Å². The maximum atomic E-state index is 11.0. The largest absolute Gasteiger partial charge is 0.228 e. The van der Waals surface area contributed by atoms with Crippen molar-refractivity contribution in [3.63, 3.8) is 0 Å². The quantitative estimate of drug-likeness (QED) is 0.475. The third-order valence-electron chi connectivity index (χ3n) is 1.68. The first-order valence-corrected chi connectivity index (χ1v) is 4.67. The number of rotatable bonds is 0. The Morgan fingerprint density at radius 2 is 2.40 bits per heavy atom. The van der Waals surface area contributed by atoms with Gasteiger partial charge in [-0.15, -0.1) is 6.42 Å². The van der Waals surface area contributed by atoms with Crippen LogP contribution in [-0.2, 0) is 9.84 Å². The first-order chi connectivity index (χ1) is 4.58. The van der Waals surface area contributed by atoms with Gasteiger partial charge in [0.05, 0.1) is 11.0 Å². The molecule has 1 heterocycles. The van der Waals surface area contributed by atoms with Crippen LogP contribution in [0.25, 0.3) is 0 Å². The molecule has 0 aromatic carbocycles. The summed E-state index contributed by atoms with van der Waals surface area (Å²) in [7, 11) is -2.92. The third-order valence-corrected chi connectivity index (χ3v) is 3.64. The zero-order valence-corrected chi connectivity index (χ0v) is 6.48. The Labute approximate surface area is 60.9 Å². The van der Waals surface area contributed by atoms with Crippen LogP contribution in [0, 0.1) is 12.3 Å². The van der Waals surface area contributed by atoms with Gasteiger partial charge >= 0.3 is 0 Å². The molecule has 0 N–H and O–H groups in total. The van der Waals surface area contributed by atoms with Crippen LogP contribution >= 0.6 is 0 Å². The Morgan fingerprint density at radius 3 is 2.60 bits per heavy atom. The molecular formula is C7H8O2S. The van der Waals surface area contributed by atoms with E-state index in [1.54, 1.807) is 13.0 Å². The second-order valence-electron chi connectivity index (χ2n) is 2.28. The lowest BCUT2D eigenvalue weighted by Crippen LogP contribution is -2.14. The van der Waals surface area contributed by atoms with Crippen LogP contribution in [0.2, 0.25) is 0 Å². The average molecular weight is 156 g/mol. The predicted octanol–water partition coefficient (Wildman–Crippen LogP) is 0.363. The van der Waals surface area contributed by atoms with Gasteiger partial charge in [0, 0.05) is 5.57 Å². The van der Waals surface area contributed by atoms with Crippen molar-refractivity contribution in [2.45, 2.75) is 12.2 Å². The highest BCUT2D eigenvalue weighted by atomic mass is 32.2. The van der Waals surface area contributed by atoms with Crippen LogP contribution in [0.15, 0.2) is 11.6 Å². The van der Waals surface area contributed by atoms with Crippen molar-refractivity contribution >= 4 is 9.84 Å². The highest BCUT2D eigenvalue weighted by Crippen LogP contribution is 2.19. The summed E-state index contributed by atoms with van der Waals surface area (Å²) in [6.07, 6.45) is 6.66. The minimum Gasteiger partial charge on any atom is -0.228 e. The second-order valence-corrected chi connectivity index (χ2v) is 4.64. The molecule has 3 heteroatoms. The van der Waals surface area contributed by atoms with E-state index in [-0.39, 0.29) is 5.75 Å². The first kappa shape index (κ1) is 7.36. The lowest BCUT2D eigenvalue weighted by Gasteiger charge is -2.00. The van der Waals surface area contributed by atoms with E-state index in [1.165, 1.54) is 0 Å². The molecule has 0 bridgehead atoms. The molecule has 0 amide bonds. The fraction of sp³-hybridized carbons (Fsp3) is 0.429. The van der Waals surface area contributed by atoms with Gasteiger partial charge in [-0.05, 0) is 6.92 Å². The van der Waals surface area contributed by atoms with Gasteiger partial charge in [0.1, 0.15) is 0 Å². The minimum absolute atomic E-state index is 0.105. The van der Waals surface area contributed by atoms with Gasteiger partial charge in [0.15, 0.2) is 9.84 Å². The van der Waals surface area contributed by atoms with Crippen LogP contribution in [0.3, 0.4) is 0 Å². The normalized spacial score (nSPS) is 29.2. The number of hydrogen-bond acceptors (Lipinski definition) is 2. The van der Waals surface area contributed by atoms with E-state index in [9.17, 15) is 8.42 Å². The summed E-state index contributed by atoms with van der Waals surface area (Å²) in [6, 6.07) is 0. The highest BCUT2D eigenvalue weighted by Gasteiger charge is 2.28. The average Bonchev–Trinajstić information content (AvgIpc) is 2.10. The van der Waals surface area contributed by atoms with Crippen molar-refractivity contribution in [3.05, 3.63) is 11.6 Å². The molecule has 1 rings (SSSR count). The molecule has 0 radical (unpaired) electrons. The molecule has 1 unspecified atom stereocenters. The van der Waals surface area contributed by atoms with Crippen molar-refractivity contribution in [1.82, 2.24) is 0 Å². The Balaban J connectivity index is 3.04. The third kappa shape index (κ3) is 0.952. The van der Waals surface area contributed by atoms with Crippen LogP contribution < -0.4 is 0 Å². The van der Waals surface area contributed by atoms with Gasteiger partial charge in [-0.25, -0.2) is 8.42 Å². The predicted molar refractivity (Wildman–Crippen MR) is 40.2 cm³/mol. The molecule has 0 aromatic heterocycles. The van der Waals surface area contributed by atoms with E-state index in [0.717, 1.165) is 0 Å². The van der Waals surface area contributed by atoms with Crippen molar-refractivity contribution < 1.29 is 8.42 Å². The maximum absolute atomic E-state index is 11.0. The number of terminal acetylenes is 1. The molecule has 0 saturated heterocycles. The Bertz CT molecular complexity index is 303. The van der Waals surface area contributed by atoms with Crippen molar-refractivity contribution in [1.29, 1.82) is 0 Å². The number of hydrogen-bond donors (Lipinski definition) is 0. The SMILES string of the molecule is C#CC1=CCS(=O)(=O)C1C. The van der Waals surface area contributed by atoms with Gasteiger partial charge < -0.3 is 0 Å². The standard InChI is InChI=1S/C7H8O2S/c1-3-7-4-5-10(8,9)6(7)2/h1,4,6H,5H2,2H3. The van der Waals surface area contributed by atoms with Crippen LogP contribution in [-0.4, -0.2) is 19.4 Å². The zero-order chi connectivity index (χ0) is 7.78. The molecule has 54 valence electrons. The van der Waals surface area contributed by atoms with E-state index in [1.807, 2.05) is 0 Å². The highest BCUT2D eigenvalue weighted by molar-refractivity contribution is 7.92. The van der Waals surface area contributed by atoms with Gasteiger partial charge in [-0.3, -0.25) is 0 Å². The molecule has 0 spiro atoms. The molecule has 2 nitrogen and oxygen atoms in total. The molecular weight excluding hydrogens is 148 g/mol. The fourth-order valence-corrected chi connectivity index (χ4v) is 2.14. The van der Waals surface area contributed by atoms with Gasteiger partial charge in [0.25, 0.3) is 0 Å². The van der Waals surface area contributed by atoms with Crippen molar-refractivity contribution in [3.8, 4) is 12.3 Å². The zero-order valence-electron chi connectivity index (χ0n) is 5.66. The Hall–Kier alpha value is -0.750. The summed E-state index contributed by atoms with van der Waals surface area (Å²) in [6.45, 7) is 1.62. The van der Waals surface area contributed by atoms with Crippen molar-refractivity contribution in [2.24, 2.45) is 0 Å². The van der Waals surface area contributed by atoms with E-state index in [0.29, 0.717) is 5.57 Å². The monoisotopic (exact) mass is 156 g/mol. The topological polar surface area (TPSA) is 34.1 Å². The van der Waals surface area contributed by atoms with Crippen LogP contribution in [0.1, 0.15) is 6.92 Å². The molecule has 0 aromatic rings. The van der Waals surface area contributed by atoms with Crippen LogP contribution in [0.4, 0.5) is 0 Å². The van der Waals surface area contributed by atoms with E-state index in [4.69, 9.17) is 6.42 Å². The van der Waals surface area contributed by atoms with E-state index in [2.05, 4.69) is 5.92 Å². The van der Waals surface area contributed by atoms with Gasteiger partial charge in [-0.2, -0.15) is 0 Å². The van der Waals surface area contributed by atoms with E-state index >= 15 is 0 Å². The summed E-state index contributed by atoms with van der Waals surface area (Å²) in [5.41, 5.74) is 0.597. The maximum Gasteiger partial charge on any atom is 0.161 e. The molecule has 1 aliphatic rings. The minimum atomic E-state index is -2.92. The summed E-state index contributed by atoms with van der Waals surface area (Å²) in [5.74, 6) is 2.46. The summed E-state index contributed by atoms with van der Waals surface area (Å²) in [4.78, 5) is 0. The smallest absolute Gasteiger partial charge is 0.161 e. The summed E-state index contributed by atoms with van der Waals surface area (Å²) in [5, 5.41) is -0.461. The van der Waals surface area contributed by atoms with E-state index < -0.39 is 15.1 Å². The number of sulfone groups is 1. The second kappa shape index (κ2) is 2.14. The first-order valence-electron chi connectivity index (χ1n) is 2.96. The molecule has 0 saturated carbocycles. The molecule has 1 atom stereocenters. The molecule has 0 fully saturated rings. The Kier molecular flexibility index (Phi) is 1.57. The summed E-state index contributed by atoms with van der Waals surface area (Å²) < 4.78 is 22.0. The molecule has 0 aliphatic carbocycles. The molecule has 10 heavy (non-hydrogen) atoms. The van der Waals surface area contributed by atoms with Crippen molar-refractivity contribution in [2.75, 3.05) is 5.75 Å². The summed E-state index contributed by atoms with van der Waals surface area (Å²) >= 11 is 0. The van der Waals surface area contributed by atoms with Gasteiger partial charge in [0.2, 0.25) is 0 Å². The molecule has 1 aliphatic heterocycles. The fourth-order valence-electron chi connectivity index (χ4n) is 0.886. The lowest BCUT2D eigenvalue weighted by molar-refractivity contribution is 0.596. The lowest BCUT2D eigenvalue weighted by atomic mass is 10.2. The van der Waals surface area contributed by atoms with Crippen LogP contribution in [0.5, 0.6) is 0 Å².